The summed E-state index contributed by atoms with van der Waals surface area (Å²) in [4.78, 5) is 59.3. The standard InChI is InChI=1S/C5H5N5.C4H4N2OS.CH4F2O6P2/c6-4-3-5(9-1-7-3)10-2-8-4;5-4(7)3-1-8-2-6-3;2-1(3,10(4,5)6)11(7,8)9/h1-2H,(H3,6,7,8,9,10);1-2H,(H2,5,7);(H2,4,5,6)(H2,7,8,9). The van der Waals surface area contributed by atoms with Crippen LogP contribution >= 0.6 is 26.5 Å². The maximum absolute atomic E-state index is 11.9. The number of hydrogen-bond acceptors (Lipinski definition) is 9. The number of nitrogens with zero attached hydrogens (tertiary/aromatic N) is 4. The van der Waals surface area contributed by atoms with Crippen molar-refractivity contribution in [2.75, 3.05) is 5.73 Å². The van der Waals surface area contributed by atoms with Gasteiger partial charge in [-0.05, 0) is 0 Å². The largest absolute Gasteiger partial charge is 0.443 e. The van der Waals surface area contributed by atoms with Crippen LogP contribution in [0.4, 0.5) is 14.6 Å². The Morgan fingerprint density at radius 1 is 1.10 bits per heavy atom. The van der Waals surface area contributed by atoms with E-state index in [1.165, 1.54) is 24.0 Å². The molecule has 0 spiro atoms. The highest BCUT2D eigenvalue weighted by molar-refractivity contribution is 7.71. The lowest BCUT2D eigenvalue weighted by Crippen LogP contribution is -2.16. The van der Waals surface area contributed by atoms with Crippen LogP contribution in [0.3, 0.4) is 0 Å². The maximum atomic E-state index is 11.9. The van der Waals surface area contributed by atoms with Gasteiger partial charge in [0.25, 0.3) is 5.91 Å². The predicted molar refractivity (Wildman–Crippen MR) is 95.8 cm³/mol. The van der Waals surface area contributed by atoms with E-state index in [4.69, 9.17) is 31.0 Å². The van der Waals surface area contributed by atoms with Crippen LogP contribution in [0.25, 0.3) is 11.2 Å². The van der Waals surface area contributed by atoms with Gasteiger partial charge in [0.05, 0.1) is 11.8 Å². The number of aromatic nitrogens is 5. The van der Waals surface area contributed by atoms with Gasteiger partial charge < -0.3 is 36.0 Å². The number of amides is 1. The van der Waals surface area contributed by atoms with Crippen molar-refractivity contribution in [3.63, 3.8) is 0 Å². The number of fused-ring (bicyclic) bond motifs is 1. The van der Waals surface area contributed by atoms with E-state index in [-0.39, 0.29) is 0 Å². The van der Waals surface area contributed by atoms with Gasteiger partial charge in [0.15, 0.2) is 11.5 Å². The van der Waals surface area contributed by atoms with Gasteiger partial charge in [-0.1, -0.05) is 0 Å². The molecule has 0 aliphatic carbocycles. The van der Waals surface area contributed by atoms with E-state index < -0.39 is 26.5 Å². The Bertz CT molecular complexity index is 1030. The summed E-state index contributed by atoms with van der Waals surface area (Å²) in [6.45, 7) is 0. The Labute approximate surface area is 163 Å². The number of nitrogens with one attached hydrogen (secondary N) is 1. The molecule has 160 valence electrons. The molecule has 0 unspecified atom stereocenters. The fraction of sp³-hybridized carbons (Fsp3) is 0.100. The van der Waals surface area contributed by atoms with Gasteiger partial charge in [-0.2, -0.15) is 8.78 Å². The van der Waals surface area contributed by atoms with Gasteiger partial charge in [0.2, 0.25) is 0 Å². The second kappa shape index (κ2) is 9.41. The fourth-order valence-electron chi connectivity index (χ4n) is 1.29. The van der Waals surface area contributed by atoms with Crippen molar-refractivity contribution in [2.45, 2.75) is 5.40 Å². The van der Waals surface area contributed by atoms with E-state index in [2.05, 4.69) is 24.9 Å². The minimum Gasteiger partial charge on any atom is -0.382 e. The molecule has 0 saturated carbocycles. The number of primary amides is 1. The van der Waals surface area contributed by atoms with E-state index in [1.54, 1.807) is 10.9 Å². The van der Waals surface area contributed by atoms with Crippen LogP contribution in [-0.2, 0) is 9.13 Å². The average molecular weight is 475 g/mol. The van der Waals surface area contributed by atoms with Crippen molar-refractivity contribution >= 4 is 49.4 Å². The van der Waals surface area contributed by atoms with E-state index in [1.807, 2.05) is 0 Å². The first kappa shape index (κ1) is 24.6. The number of nitrogens with two attached hydrogens (primary N) is 2. The zero-order valence-electron chi connectivity index (χ0n) is 13.8. The molecule has 1 amide bonds. The summed E-state index contributed by atoms with van der Waals surface area (Å²) < 4.78 is 43.3. The Balaban J connectivity index is 0.000000220. The van der Waals surface area contributed by atoms with Crippen LogP contribution < -0.4 is 11.5 Å². The van der Waals surface area contributed by atoms with E-state index in [0.29, 0.717) is 22.7 Å². The number of imidazole rings is 1. The molecule has 3 aromatic heterocycles. The highest BCUT2D eigenvalue weighted by atomic mass is 32.1. The highest BCUT2D eigenvalue weighted by Crippen LogP contribution is 2.70. The smallest absolute Gasteiger partial charge is 0.382 e. The lowest BCUT2D eigenvalue weighted by molar-refractivity contribution is 0.0996. The monoisotopic (exact) mass is 475 g/mol. The molecule has 0 aliphatic heterocycles. The van der Waals surface area contributed by atoms with Crippen LogP contribution in [-0.4, -0.2) is 55.8 Å². The third kappa shape index (κ3) is 6.57. The SMILES string of the molecule is NC(=O)c1cscn1.Nc1ncnc2nc[nH]c12.O=P(O)(O)C(F)(F)P(=O)(O)O. The quantitative estimate of drug-likeness (QED) is 0.248. The van der Waals surface area contributed by atoms with Crippen LogP contribution in [0.5, 0.6) is 0 Å². The van der Waals surface area contributed by atoms with Gasteiger partial charge >= 0.3 is 20.6 Å². The molecule has 29 heavy (non-hydrogen) atoms. The summed E-state index contributed by atoms with van der Waals surface area (Å²) in [5.41, 5.74) is 13.6. The molecule has 0 saturated heterocycles. The lowest BCUT2D eigenvalue weighted by atomic mass is 10.5. The zero-order chi connectivity index (χ0) is 22.5. The third-order valence-electron chi connectivity index (χ3n) is 2.64. The van der Waals surface area contributed by atoms with Crippen LogP contribution in [0, 0.1) is 0 Å². The summed E-state index contributed by atoms with van der Waals surface area (Å²) >= 11 is 1.36. The minimum atomic E-state index is -6.09. The molecular weight excluding hydrogens is 462 g/mol. The fourth-order valence-corrected chi connectivity index (χ4v) is 3.19. The van der Waals surface area contributed by atoms with E-state index >= 15 is 0 Å². The van der Waals surface area contributed by atoms with Crippen LogP contribution in [0.1, 0.15) is 10.5 Å². The first-order valence-electron chi connectivity index (χ1n) is 6.75. The van der Waals surface area contributed by atoms with Gasteiger partial charge in [-0.25, -0.2) is 19.9 Å². The van der Waals surface area contributed by atoms with Crippen molar-refractivity contribution in [3.8, 4) is 0 Å². The van der Waals surface area contributed by atoms with Gasteiger partial charge in [0.1, 0.15) is 17.5 Å². The number of carbonyl (C=O) groups excluding carboxylic acids is 1. The van der Waals surface area contributed by atoms with Gasteiger partial charge in [-0.3, -0.25) is 13.9 Å². The van der Waals surface area contributed by atoms with Crippen LogP contribution in [0.2, 0.25) is 0 Å². The summed E-state index contributed by atoms with van der Waals surface area (Å²) in [7, 11) is -12.2. The number of hydrogen-bond donors (Lipinski definition) is 7. The maximum Gasteiger partial charge on any atom is 0.443 e. The summed E-state index contributed by atoms with van der Waals surface area (Å²) in [5, 5.41) is -3.68. The molecule has 0 atom stereocenters. The first-order valence-corrected chi connectivity index (χ1v) is 10.9. The van der Waals surface area contributed by atoms with Crippen LogP contribution in [0.15, 0.2) is 23.5 Å². The van der Waals surface area contributed by atoms with E-state index in [9.17, 15) is 22.7 Å². The molecule has 0 aliphatic rings. The van der Waals surface area contributed by atoms with Gasteiger partial charge in [0, 0.05) is 5.38 Å². The number of alkyl halides is 2. The molecule has 14 nitrogen and oxygen atoms in total. The number of H-pyrrole nitrogens is 1. The Morgan fingerprint density at radius 3 is 2.03 bits per heavy atom. The number of nitrogen functional groups attached to an aromatic ring is 1. The second-order valence-corrected chi connectivity index (χ2v) is 9.07. The van der Waals surface area contributed by atoms with Crippen molar-refractivity contribution in [2.24, 2.45) is 5.73 Å². The molecule has 9 N–H and O–H groups in total. The Hall–Kier alpha value is -2.39. The Kier molecular flexibility index (Phi) is 7.99. The third-order valence-corrected chi connectivity index (χ3v) is 6.19. The molecule has 0 bridgehead atoms. The normalized spacial score (nSPS) is 11.8. The Morgan fingerprint density at radius 2 is 1.69 bits per heavy atom. The van der Waals surface area contributed by atoms with Crippen molar-refractivity contribution in [1.82, 2.24) is 24.9 Å². The van der Waals surface area contributed by atoms with E-state index in [0.717, 1.165) is 0 Å². The van der Waals surface area contributed by atoms with Gasteiger partial charge in [-0.15, -0.1) is 11.3 Å². The predicted octanol–water partition coefficient (Wildman–Crippen LogP) is 0.0692. The highest BCUT2D eigenvalue weighted by Gasteiger charge is 2.63. The van der Waals surface area contributed by atoms with Crippen molar-refractivity contribution in [3.05, 3.63) is 29.2 Å². The topological polar surface area (TPSA) is 252 Å². The number of rotatable bonds is 3. The number of carbonyl (C=O) groups is 1. The summed E-state index contributed by atoms with van der Waals surface area (Å²) in [5.74, 6) is -0.0336. The molecule has 3 rings (SSSR count). The molecule has 0 aromatic carbocycles. The first-order chi connectivity index (χ1) is 13.2. The van der Waals surface area contributed by atoms with Crippen molar-refractivity contribution in [1.29, 1.82) is 0 Å². The van der Waals surface area contributed by atoms with Crippen molar-refractivity contribution < 1.29 is 42.3 Å². The number of halogens is 2. The molecule has 3 heterocycles. The lowest BCUT2D eigenvalue weighted by Gasteiger charge is -2.17. The zero-order valence-corrected chi connectivity index (χ0v) is 16.4. The molecule has 0 radical (unpaired) electrons. The molecule has 19 heteroatoms. The number of thiazole rings is 1. The molecular formula is C10H13F2N7O7P2S. The number of anilines is 1. The summed E-state index contributed by atoms with van der Waals surface area (Å²) in [6.07, 6.45) is 2.92. The molecule has 3 aromatic rings. The average Bonchev–Trinajstić information content (AvgIpc) is 3.26. The summed E-state index contributed by atoms with van der Waals surface area (Å²) in [6, 6.07) is 0. The number of aromatic amines is 1. The second-order valence-electron chi connectivity index (χ2n) is 4.70. The minimum absolute atomic E-state index is 0.343. The molecule has 0 fully saturated rings.